The summed E-state index contributed by atoms with van der Waals surface area (Å²) in [6.07, 6.45) is -1.70. The molecule has 1 heterocycles. The Balaban J connectivity index is 2.61. The molecule has 7 heteroatoms. The van der Waals surface area contributed by atoms with Crippen molar-refractivity contribution >= 4 is 40.4 Å². The molecule has 0 aliphatic rings. The van der Waals surface area contributed by atoms with E-state index in [9.17, 15) is 9.59 Å². The molecule has 0 atom stereocenters. The van der Waals surface area contributed by atoms with Gasteiger partial charge in [0.05, 0.1) is 11.2 Å². The molecule has 0 aliphatic heterocycles. The summed E-state index contributed by atoms with van der Waals surface area (Å²) in [5.41, 5.74) is -0.773. The first-order valence-corrected chi connectivity index (χ1v) is 8.56. The van der Waals surface area contributed by atoms with E-state index >= 15 is 0 Å². The summed E-state index contributed by atoms with van der Waals surface area (Å²) < 4.78 is 10.8. The van der Waals surface area contributed by atoms with Crippen molar-refractivity contribution in [3.8, 4) is 0 Å². The summed E-state index contributed by atoms with van der Waals surface area (Å²) in [5, 5.41) is 0.726. The number of pyridine rings is 1. The molecule has 0 N–H and O–H groups in total. The van der Waals surface area contributed by atoms with E-state index in [0.29, 0.717) is 10.9 Å². The summed E-state index contributed by atoms with van der Waals surface area (Å²) in [6.45, 7) is 10.3. The number of hydrogen-bond donors (Lipinski definition) is 0. The van der Waals surface area contributed by atoms with Crippen molar-refractivity contribution in [2.45, 2.75) is 52.7 Å². The van der Waals surface area contributed by atoms with Crippen molar-refractivity contribution in [3.05, 3.63) is 35.5 Å². The van der Waals surface area contributed by atoms with Gasteiger partial charge in [-0.1, -0.05) is 29.8 Å². The lowest BCUT2D eigenvalue weighted by Crippen LogP contribution is -2.44. The Morgan fingerprint density at radius 3 is 1.96 bits per heavy atom. The second-order valence-electron chi connectivity index (χ2n) is 7.78. The van der Waals surface area contributed by atoms with Crippen molar-refractivity contribution < 1.29 is 19.1 Å². The topological polar surface area (TPSA) is 68.7 Å². The molecule has 140 valence electrons. The zero-order valence-corrected chi connectivity index (χ0v) is 16.5. The Morgan fingerprint density at radius 1 is 0.962 bits per heavy atom. The smallest absolute Gasteiger partial charge is 0.424 e. The number of imide groups is 1. The Hall–Kier alpha value is -2.34. The molecule has 0 fully saturated rings. The van der Waals surface area contributed by atoms with Gasteiger partial charge in [0, 0.05) is 11.5 Å². The normalized spacial score (nSPS) is 12.0. The van der Waals surface area contributed by atoms with Crippen molar-refractivity contribution in [1.82, 2.24) is 4.98 Å². The maximum Gasteiger partial charge on any atom is 0.424 e. The molecule has 0 aliphatic carbocycles. The number of aromatic nitrogens is 1. The third kappa shape index (κ3) is 5.08. The molecule has 6 nitrogen and oxygen atoms in total. The number of para-hydroxylation sites is 1. The number of rotatable bonds is 1. The molecule has 0 radical (unpaired) electrons. The van der Waals surface area contributed by atoms with Crippen molar-refractivity contribution in [2.24, 2.45) is 0 Å². The van der Waals surface area contributed by atoms with Crippen molar-refractivity contribution in [1.29, 1.82) is 0 Å². The van der Waals surface area contributed by atoms with E-state index in [-0.39, 0.29) is 10.8 Å². The Labute approximate surface area is 158 Å². The second-order valence-corrected chi connectivity index (χ2v) is 8.16. The molecule has 1 aromatic carbocycles. The first-order valence-electron chi connectivity index (χ1n) is 8.19. The number of ether oxygens (including phenoxy) is 2. The molecule has 0 saturated heterocycles. The molecule has 0 unspecified atom stereocenters. The van der Waals surface area contributed by atoms with Crippen LogP contribution in [0.1, 0.15) is 41.5 Å². The van der Waals surface area contributed by atoms with E-state index in [4.69, 9.17) is 21.1 Å². The average Bonchev–Trinajstić information content (AvgIpc) is 2.43. The zero-order chi connectivity index (χ0) is 19.7. The van der Waals surface area contributed by atoms with Crippen molar-refractivity contribution in [3.63, 3.8) is 0 Å². The van der Waals surface area contributed by atoms with Crippen LogP contribution in [-0.2, 0) is 9.47 Å². The quantitative estimate of drug-likeness (QED) is 0.607. The first-order chi connectivity index (χ1) is 11.9. The molecule has 2 aromatic rings. The number of benzene rings is 1. The summed E-state index contributed by atoms with van der Waals surface area (Å²) in [7, 11) is 0. The van der Waals surface area contributed by atoms with Crippen LogP contribution < -0.4 is 4.90 Å². The second kappa shape index (κ2) is 7.11. The van der Waals surface area contributed by atoms with Crippen molar-refractivity contribution in [2.75, 3.05) is 4.90 Å². The Kier molecular flexibility index (Phi) is 5.47. The lowest BCUT2D eigenvalue weighted by molar-refractivity contribution is 0.0431. The number of carbonyl (C=O) groups excluding carboxylic acids is 2. The van der Waals surface area contributed by atoms with Crippen LogP contribution in [0.2, 0.25) is 5.15 Å². The van der Waals surface area contributed by atoms with E-state index in [0.717, 1.165) is 4.90 Å². The van der Waals surface area contributed by atoms with Gasteiger partial charge in [-0.25, -0.2) is 14.6 Å². The van der Waals surface area contributed by atoms with Crippen LogP contribution in [0, 0.1) is 0 Å². The van der Waals surface area contributed by atoms with Crippen LogP contribution in [0.5, 0.6) is 0 Å². The van der Waals surface area contributed by atoms with E-state index in [1.807, 2.05) is 0 Å². The first kappa shape index (κ1) is 20.0. The largest absolute Gasteiger partial charge is 0.443 e. The Bertz CT molecular complexity index is 810. The average molecular weight is 379 g/mol. The maximum absolute atomic E-state index is 12.8. The van der Waals surface area contributed by atoms with E-state index in [1.54, 1.807) is 65.8 Å². The van der Waals surface area contributed by atoms with E-state index in [1.165, 1.54) is 6.07 Å². The number of anilines is 1. The highest BCUT2D eigenvalue weighted by Gasteiger charge is 2.34. The highest BCUT2D eigenvalue weighted by atomic mass is 35.5. The van der Waals surface area contributed by atoms with Crippen LogP contribution in [-0.4, -0.2) is 28.4 Å². The van der Waals surface area contributed by atoms with Gasteiger partial charge < -0.3 is 9.47 Å². The fraction of sp³-hybridized carbons (Fsp3) is 0.421. The van der Waals surface area contributed by atoms with Gasteiger partial charge >= 0.3 is 12.2 Å². The fourth-order valence-electron chi connectivity index (χ4n) is 2.20. The standard InChI is InChI=1S/C19H23ClN2O4/c1-18(2,3)25-16(23)22(17(24)26-19(4,5)6)14-11-15(20)21-13-10-8-7-9-12(13)14/h7-11H,1-6H3. The minimum atomic E-state index is -0.848. The third-order valence-corrected chi connectivity index (χ3v) is 3.25. The minimum absolute atomic E-state index is 0.149. The molecule has 0 spiro atoms. The molecule has 1 aromatic heterocycles. The SMILES string of the molecule is CC(C)(C)OC(=O)N(C(=O)OC(C)(C)C)c1cc(Cl)nc2ccccc12. The molecular weight excluding hydrogens is 356 g/mol. The van der Waals surface area contributed by atoms with Gasteiger partial charge in [0.25, 0.3) is 0 Å². The summed E-state index contributed by atoms with van der Waals surface area (Å²) in [4.78, 5) is 30.6. The van der Waals surface area contributed by atoms with Gasteiger partial charge in [-0.15, -0.1) is 0 Å². The molecule has 0 saturated carbocycles. The number of amides is 2. The van der Waals surface area contributed by atoms with Gasteiger partial charge in [-0.3, -0.25) is 0 Å². The van der Waals surface area contributed by atoms with Crippen LogP contribution in [0.25, 0.3) is 10.9 Å². The number of halogens is 1. The van der Waals surface area contributed by atoms with Gasteiger partial charge in [-0.05, 0) is 47.6 Å². The van der Waals surface area contributed by atoms with Crippen LogP contribution in [0.3, 0.4) is 0 Å². The number of hydrogen-bond acceptors (Lipinski definition) is 5. The predicted molar refractivity (Wildman–Crippen MR) is 102 cm³/mol. The van der Waals surface area contributed by atoms with E-state index < -0.39 is 23.4 Å². The lowest BCUT2D eigenvalue weighted by Gasteiger charge is -2.29. The van der Waals surface area contributed by atoms with Gasteiger partial charge in [0.1, 0.15) is 16.4 Å². The van der Waals surface area contributed by atoms with Gasteiger partial charge in [-0.2, -0.15) is 4.90 Å². The predicted octanol–water partition coefficient (Wildman–Crippen LogP) is 5.56. The number of fused-ring (bicyclic) bond motifs is 1. The molecule has 2 amide bonds. The molecule has 26 heavy (non-hydrogen) atoms. The lowest BCUT2D eigenvalue weighted by atomic mass is 10.1. The summed E-state index contributed by atoms with van der Waals surface area (Å²) in [6, 6.07) is 8.51. The third-order valence-electron chi connectivity index (χ3n) is 3.06. The summed E-state index contributed by atoms with van der Waals surface area (Å²) in [5.74, 6) is 0. The van der Waals surface area contributed by atoms with Gasteiger partial charge in [0.15, 0.2) is 0 Å². The number of nitrogens with zero attached hydrogens (tertiary/aromatic N) is 2. The number of carbonyl (C=O) groups is 2. The molecule has 0 bridgehead atoms. The molecular formula is C19H23ClN2O4. The summed E-state index contributed by atoms with van der Waals surface area (Å²) >= 11 is 6.10. The highest BCUT2D eigenvalue weighted by molar-refractivity contribution is 6.31. The van der Waals surface area contributed by atoms with Crippen LogP contribution in [0.15, 0.2) is 30.3 Å². The highest BCUT2D eigenvalue weighted by Crippen LogP contribution is 2.31. The zero-order valence-electron chi connectivity index (χ0n) is 15.8. The maximum atomic E-state index is 12.8. The van der Waals surface area contributed by atoms with Crippen LogP contribution in [0.4, 0.5) is 15.3 Å². The Morgan fingerprint density at radius 2 is 1.46 bits per heavy atom. The monoisotopic (exact) mass is 378 g/mol. The van der Waals surface area contributed by atoms with Crippen LogP contribution >= 0.6 is 11.6 Å². The van der Waals surface area contributed by atoms with E-state index in [2.05, 4.69) is 4.98 Å². The fourth-order valence-corrected chi connectivity index (χ4v) is 2.39. The minimum Gasteiger partial charge on any atom is -0.443 e. The molecule has 2 rings (SSSR count). The van der Waals surface area contributed by atoms with Gasteiger partial charge in [0.2, 0.25) is 0 Å².